The normalized spacial score (nSPS) is 14.6. The predicted molar refractivity (Wildman–Crippen MR) is 137 cm³/mol. The Morgan fingerprint density at radius 1 is 1.15 bits per heavy atom. The highest BCUT2D eigenvalue weighted by Gasteiger charge is 2.16. The molecule has 0 radical (unpaired) electrons. The Balaban J connectivity index is 0.000000331. The van der Waals surface area contributed by atoms with Crippen molar-refractivity contribution in [1.82, 2.24) is 10.3 Å². The second kappa shape index (κ2) is 14.5. The SMILES string of the molecule is CC(=O)/C(N)=C(\C=C(C)C)CC1CCCCC1.Cc1nc(N)ccc1CNC(=O)CC(C)C. The Kier molecular flexibility index (Phi) is 12.5. The van der Waals surface area contributed by atoms with Crippen LogP contribution in [0.4, 0.5) is 5.82 Å². The van der Waals surface area contributed by atoms with Gasteiger partial charge in [-0.1, -0.05) is 63.7 Å². The summed E-state index contributed by atoms with van der Waals surface area (Å²) in [5.41, 5.74) is 16.0. The summed E-state index contributed by atoms with van der Waals surface area (Å²) in [5, 5.41) is 2.87. The third-order valence-corrected chi connectivity index (χ3v) is 5.71. The Hall–Kier alpha value is -2.63. The Bertz CT molecular complexity index is 846. The van der Waals surface area contributed by atoms with Crippen molar-refractivity contribution < 1.29 is 9.59 Å². The number of hydrogen-bond acceptors (Lipinski definition) is 5. The Labute approximate surface area is 200 Å². The first-order valence-electron chi connectivity index (χ1n) is 12.1. The van der Waals surface area contributed by atoms with E-state index in [4.69, 9.17) is 11.5 Å². The molecule has 6 nitrogen and oxygen atoms in total. The lowest BCUT2D eigenvalue weighted by Gasteiger charge is -2.22. The minimum absolute atomic E-state index is 0.00619. The van der Waals surface area contributed by atoms with E-state index in [-0.39, 0.29) is 11.7 Å². The number of hydrogen-bond donors (Lipinski definition) is 3. The minimum atomic E-state index is -0.00619. The summed E-state index contributed by atoms with van der Waals surface area (Å²) in [5.74, 6) is 1.67. The molecule has 6 heteroatoms. The maximum absolute atomic E-state index is 11.4. The molecule has 2 rings (SSSR count). The maximum Gasteiger partial charge on any atom is 0.220 e. The van der Waals surface area contributed by atoms with Gasteiger partial charge in [0.15, 0.2) is 5.78 Å². The van der Waals surface area contributed by atoms with Crippen LogP contribution >= 0.6 is 0 Å². The number of ketones is 1. The summed E-state index contributed by atoms with van der Waals surface area (Å²) in [7, 11) is 0. The minimum Gasteiger partial charge on any atom is -0.396 e. The smallest absolute Gasteiger partial charge is 0.220 e. The second-order valence-corrected chi connectivity index (χ2v) is 9.78. The Morgan fingerprint density at radius 2 is 1.79 bits per heavy atom. The number of nitrogens with one attached hydrogen (secondary N) is 1. The van der Waals surface area contributed by atoms with Gasteiger partial charge >= 0.3 is 0 Å². The summed E-state index contributed by atoms with van der Waals surface area (Å²) in [6.07, 6.45) is 10.2. The van der Waals surface area contributed by atoms with E-state index >= 15 is 0 Å². The van der Waals surface area contributed by atoms with Gasteiger partial charge in [0.1, 0.15) is 5.82 Å². The van der Waals surface area contributed by atoms with E-state index in [1.165, 1.54) is 37.7 Å². The van der Waals surface area contributed by atoms with Gasteiger partial charge in [-0.15, -0.1) is 0 Å². The van der Waals surface area contributed by atoms with Crippen molar-refractivity contribution in [2.45, 2.75) is 93.0 Å². The number of pyridine rings is 1. The summed E-state index contributed by atoms with van der Waals surface area (Å²) >= 11 is 0. The van der Waals surface area contributed by atoms with Gasteiger partial charge in [0.2, 0.25) is 5.91 Å². The molecule has 0 spiro atoms. The van der Waals surface area contributed by atoms with E-state index in [2.05, 4.69) is 16.4 Å². The molecule has 0 atom stereocenters. The molecule has 1 aromatic rings. The first kappa shape index (κ1) is 28.4. The first-order valence-corrected chi connectivity index (χ1v) is 12.1. The van der Waals surface area contributed by atoms with Crippen LogP contribution in [0.1, 0.15) is 90.8 Å². The summed E-state index contributed by atoms with van der Waals surface area (Å²) < 4.78 is 0. The number of Topliss-reactive ketones (excluding diaryl/α,β-unsaturated/α-hetero) is 1. The highest BCUT2D eigenvalue weighted by Crippen LogP contribution is 2.30. The van der Waals surface area contributed by atoms with Crippen molar-refractivity contribution in [3.63, 3.8) is 0 Å². The number of amides is 1. The number of nitrogens with zero attached hydrogens (tertiary/aromatic N) is 1. The molecule has 0 unspecified atom stereocenters. The molecule has 0 bridgehead atoms. The van der Waals surface area contributed by atoms with Crippen LogP contribution in [0.3, 0.4) is 0 Å². The zero-order chi connectivity index (χ0) is 25.0. The van der Waals surface area contributed by atoms with Crippen LogP contribution in [0.5, 0.6) is 0 Å². The van der Waals surface area contributed by atoms with Gasteiger partial charge < -0.3 is 16.8 Å². The number of aromatic nitrogens is 1. The second-order valence-electron chi connectivity index (χ2n) is 9.78. The van der Waals surface area contributed by atoms with Crippen LogP contribution in [0.15, 0.2) is 35.1 Å². The van der Waals surface area contributed by atoms with Crippen LogP contribution in [0.25, 0.3) is 0 Å². The van der Waals surface area contributed by atoms with Crippen molar-refractivity contribution in [1.29, 1.82) is 0 Å². The summed E-state index contributed by atoms with van der Waals surface area (Å²) in [4.78, 5) is 27.0. The van der Waals surface area contributed by atoms with E-state index in [0.717, 1.165) is 23.3 Å². The molecule has 1 aliphatic carbocycles. The van der Waals surface area contributed by atoms with Crippen LogP contribution < -0.4 is 16.8 Å². The van der Waals surface area contributed by atoms with E-state index in [1.54, 1.807) is 13.0 Å². The molecule has 5 N–H and O–H groups in total. The standard InChI is InChI=1S/C15H25NO.C12H19N3O/c1-11(2)9-14(15(16)12(3)17)10-13-7-5-4-6-8-13;1-8(2)6-12(16)14-7-10-4-5-11(13)15-9(10)3/h9,13H,4-8,10,16H2,1-3H3;4-5,8H,6-7H2,1-3H3,(H2,13,15)(H,14,16)/b15-14-;. The average Bonchev–Trinajstić information content (AvgIpc) is 2.72. The van der Waals surface area contributed by atoms with Gasteiger partial charge in [-0.2, -0.15) is 0 Å². The molecular weight excluding hydrogens is 412 g/mol. The Morgan fingerprint density at radius 3 is 2.30 bits per heavy atom. The number of carbonyl (C=O) groups is 2. The number of anilines is 1. The number of rotatable bonds is 8. The molecule has 184 valence electrons. The van der Waals surface area contributed by atoms with Gasteiger partial charge in [0.05, 0.1) is 5.70 Å². The van der Waals surface area contributed by atoms with Crippen molar-refractivity contribution in [3.05, 3.63) is 46.3 Å². The van der Waals surface area contributed by atoms with Crippen molar-refractivity contribution in [3.8, 4) is 0 Å². The summed E-state index contributed by atoms with van der Waals surface area (Å²) in [6, 6.07) is 3.64. The average molecular weight is 457 g/mol. The summed E-state index contributed by atoms with van der Waals surface area (Å²) in [6.45, 7) is 12.1. The lowest BCUT2D eigenvalue weighted by atomic mass is 9.84. The van der Waals surface area contributed by atoms with Crippen LogP contribution in [-0.4, -0.2) is 16.7 Å². The molecule has 1 heterocycles. The molecular formula is C27H44N4O2. The molecule has 1 amide bonds. The van der Waals surface area contributed by atoms with E-state index < -0.39 is 0 Å². The fourth-order valence-corrected chi connectivity index (χ4v) is 3.96. The van der Waals surface area contributed by atoms with E-state index in [1.807, 2.05) is 40.7 Å². The van der Waals surface area contributed by atoms with Gasteiger partial charge in [0, 0.05) is 25.6 Å². The van der Waals surface area contributed by atoms with Crippen molar-refractivity contribution in [2.75, 3.05) is 5.73 Å². The third kappa shape index (κ3) is 11.7. The van der Waals surface area contributed by atoms with Crippen molar-refractivity contribution >= 4 is 17.5 Å². The lowest BCUT2D eigenvalue weighted by Crippen LogP contribution is -2.24. The van der Waals surface area contributed by atoms with Crippen LogP contribution in [0.2, 0.25) is 0 Å². The van der Waals surface area contributed by atoms with Gasteiger partial charge in [-0.25, -0.2) is 4.98 Å². The zero-order valence-corrected chi connectivity index (χ0v) is 21.5. The monoisotopic (exact) mass is 456 g/mol. The molecule has 1 fully saturated rings. The lowest BCUT2D eigenvalue weighted by molar-refractivity contribution is -0.122. The highest BCUT2D eigenvalue weighted by molar-refractivity contribution is 5.93. The molecule has 1 aliphatic rings. The van der Waals surface area contributed by atoms with Gasteiger partial charge in [-0.3, -0.25) is 9.59 Å². The number of carbonyl (C=O) groups excluding carboxylic acids is 2. The number of nitrogens with two attached hydrogens (primary N) is 2. The number of aryl methyl sites for hydroxylation is 1. The zero-order valence-electron chi connectivity index (χ0n) is 21.5. The third-order valence-electron chi connectivity index (χ3n) is 5.71. The molecule has 1 saturated carbocycles. The predicted octanol–water partition coefficient (Wildman–Crippen LogP) is 5.36. The van der Waals surface area contributed by atoms with Crippen LogP contribution in [-0.2, 0) is 16.1 Å². The van der Waals surface area contributed by atoms with Crippen LogP contribution in [0, 0.1) is 18.8 Å². The first-order chi connectivity index (χ1) is 15.5. The molecule has 33 heavy (non-hydrogen) atoms. The number of allylic oxidation sites excluding steroid dienone is 4. The fraction of sp³-hybridized carbons (Fsp3) is 0.593. The fourth-order valence-electron chi connectivity index (χ4n) is 3.96. The largest absolute Gasteiger partial charge is 0.396 e. The van der Waals surface area contributed by atoms with Gasteiger partial charge in [0.25, 0.3) is 0 Å². The molecule has 0 saturated heterocycles. The molecule has 0 aromatic carbocycles. The topological polar surface area (TPSA) is 111 Å². The quantitative estimate of drug-likeness (QED) is 0.360. The highest BCUT2D eigenvalue weighted by atomic mass is 16.1. The molecule has 1 aromatic heterocycles. The molecule has 0 aliphatic heterocycles. The van der Waals surface area contributed by atoms with E-state index in [9.17, 15) is 9.59 Å². The maximum atomic E-state index is 11.4. The number of nitrogen functional groups attached to an aromatic ring is 1. The van der Waals surface area contributed by atoms with E-state index in [0.29, 0.717) is 36.3 Å². The van der Waals surface area contributed by atoms with Crippen molar-refractivity contribution in [2.24, 2.45) is 17.6 Å². The van der Waals surface area contributed by atoms with Gasteiger partial charge in [-0.05, 0) is 56.2 Å².